The summed E-state index contributed by atoms with van der Waals surface area (Å²) in [6.45, 7) is 5.21. The maximum absolute atomic E-state index is 11.9. The number of nitrogens with one attached hydrogen (secondary N) is 1. The third-order valence-electron chi connectivity index (χ3n) is 4.06. The van der Waals surface area contributed by atoms with E-state index in [0.717, 1.165) is 31.6 Å². The number of ether oxygens (including phenoxy) is 1. The van der Waals surface area contributed by atoms with E-state index in [0.29, 0.717) is 24.6 Å². The minimum atomic E-state index is -0.468. The Morgan fingerprint density at radius 2 is 2.05 bits per heavy atom. The average Bonchev–Trinajstić information content (AvgIpc) is 2.39. The second-order valence-corrected chi connectivity index (χ2v) is 5.73. The molecule has 5 heteroatoms. The van der Waals surface area contributed by atoms with Crippen LogP contribution in [0.25, 0.3) is 0 Å². The fourth-order valence-electron chi connectivity index (χ4n) is 2.65. The summed E-state index contributed by atoms with van der Waals surface area (Å²) in [6, 6.07) is 0. The second kappa shape index (κ2) is 7.80. The Balaban J connectivity index is 2.53. The van der Waals surface area contributed by atoms with Gasteiger partial charge in [-0.2, -0.15) is 0 Å². The van der Waals surface area contributed by atoms with Crippen molar-refractivity contribution in [2.75, 3.05) is 13.2 Å². The van der Waals surface area contributed by atoms with E-state index < -0.39 is 5.54 Å². The van der Waals surface area contributed by atoms with Crippen LogP contribution in [0.15, 0.2) is 0 Å². The lowest BCUT2D eigenvalue weighted by Crippen LogP contribution is -2.58. The van der Waals surface area contributed by atoms with Crippen LogP contribution in [0.1, 0.15) is 52.4 Å². The monoisotopic (exact) mass is 286 g/mol. The molecule has 0 bridgehead atoms. The third kappa shape index (κ3) is 4.73. The van der Waals surface area contributed by atoms with Crippen molar-refractivity contribution in [1.29, 1.82) is 0 Å². The lowest BCUT2D eigenvalue weighted by Gasteiger charge is -2.40. The highest BCUT2D eigenvalue weighted by molar-refractivity contribution is 7.80. The van der Waals surface area contributed by atoms with Gasteiger partial charge in [-0.1, -0.05) is 25.6 Å². The zero-order valence-corrected chi connectivity index (χ0v) is 12.9. The molecule has 110 valence electrons. The van der Waals surface area contributed by atoms with Gasteiger partial charge in [0, 0.05) is 13.0 Å². The first-order chi connectivity index (χ1) is 9.04. The summed E-state index contributed by atoms with van der Waals surface area (Å²) in [7, 11) is 0. The van der Waals surface area contributed by atoms with Gasteiger partial charge in [0.1, 0.15) is 0 Å². The molecular formula is C14H26N2O2S. The molecule has 0 aromatic heterocycles. The molecule has 0 radical (unpaired) electrons. The fraction of sp³-hybridized carbons (Fsp3) is 0.857. The minimum absolute atomic E-state index is 0.0174. The molecule has 0 aliphatic heterocycles. The average molecular weight is 286 g/mol. The Labute approximate surface area is 121 Å². The van der Waals surface area contributed by atoms with Crippen LogP contribution < -0.4 is 11.1 Å². The summed E-state index contributed by atoms with van der Waals surface area (Å²) in [5.41, 5.74) is 5.41. The fourth-order valence-corrected chi connectivity index (χ4v) is 2.91. The molecule has 1 rings (SSSR count). The minimum Gasteiger partial charge on any atom is -0.391 e. The summed E-state index contributed by atoms with van der Waals surface area (Å²) in [5.74, 6) is 0.721. The first-order valence-electron chi connectivity index (χ1n) is 7.22. The summed E-state index contributed by atoms with van der Waals surface area (Å²) in [5, 5.41) is 3.05. The van der Waals surface area contributed by atoms with E-state index in [4.69, 9.17) is 22.7 Å². The van der Waals surface area contributed by atoms with Crippen molar-refractivity contribution in [3.8, 4) is 0 Å². The van der Waals surface area contributed by atoms with Crippen LogP contribution in [0.5, 0.6) is 0 Å². The molecule has 0 aromatic carbocycles. The van der Waals surface area contributed by atoms with Crippen LogP contribution in [0, 0.1) is 5.92 Å². The maximum Gasteiger partial charge on any atom is 0.223 e. The molecule has 0 unspecified atom stereocenters. The van der Waals surface area contributed by atoms with Gasteiger partial charge in [0.25, 0.3) is 0 Å². The van der Waals surface area contributed by atoms with E-state index in [1.54, 1.807) is 0 Å². The van der Waals surface area contributed by atoms with Gasteiger partial charge in [0.15, 0.2) is 0 Å². The molecule has 0 atom stereocenters. The largest absolute Gasteiger partial charge is 0.391 e. The maximum atomic E-state index is 11.9. The molecule has 3 N–H and O–H groups in total. The van der Waals surface area contributed by atoms with Crippen LogP contribution >= 0.6 is 12.2 Å². The summed E-state index contributed by atoms with van der Waals surface area (Å²) in [4.78, 5) is 12.4. The Hall–Kier alpha value is -0.680. The zero-order valence-electron chi connectivity index (χ0n) is 12.0. The summed E-state index contributed by atoms with van der Waals surface area (Å²) in [6.07, 6.45) is 5.45. The smallest absolute Gasteiger partial charge is 0.223 e. The molecule has 1 saturated carbocycles. The van der Waals surface area contributed by atoms with Gasteiger partial charge in [-0.05, 0) is 38.5 Å². The Bertz CT molecular complexity index is 313. The molecular weight excluding hydrogens is 260 g/mol. The molecule has 0 saturated heterocycles. The van der Waals surface area contributed by atoms with E-state index in [1.807, 2.05) is 6.92 Å². The van der Waals surface area contributed by atoms with E-state index >= 15 is 0 Å². The summed E-state index contributed by atoms with van der Waals surface area (Å²) >= 11 is 5.19. The van der Waals surface area contributed by atoms with Crippen LogP contribution in [0.2, 0.25) is 0 Å². The second-order valence-electron chi connectivity index (χ2n) is 5.29. The van der Waals surface area contributed by atoms with Gasteiger partial charge in [-0.3, -0.25) is 4.79 Å². The van der Waals surface area contributed by atoms with Crippen LogP contribution in [0.4, 0.5) is 0 Å². The number of rotatable bonds is 7. The zero-order chi connectivity index (χ0) is 14.3. The standard InChI is InChI=1S/C14H26N2O2S/c1-3-11-5-8-14(9-6-11,13(15)19)16-12(17)7-10-18-4-2/h11H,3-10H2,1-2H3,(H2,15,19)(H,16,17). The van der Waals surface area contributed by atoms with Crippen LogP contribution in [-0.2, 0) is 9.53 Å². The summed E-state index contributed by atoms with van der Waals surface area (Å²) < 4.78 is 5.20. The Morgan fingerprint density at radius 1 is 1.42 bits per heavy atom. The molecule has 1 amide bonds. The molecule has 4 nitrogen and oxygen atoms in total. The van der Waals surface area contributed by atoms with Crippen LogP contribution in [0.3, 0.4) is 0 Å². The van der Waals surface area contributed by atoms with Gasteiger partial charge in [-0.15, -0.1) is 0 Å². The number of thiocarbonyl (C=S) groups is 1. The Morgan fingerprint density at radius 3 is 2.53 bits per heavy atom. The van der Waals surface area contributed by atoms with E-state index in [2.05, 4.69) is 12.2 Å². The first-order valence-corrected chi connectivity index (χ1v) is 7.63. The third-order valence-corrected chi connectivity index (χ3v) is 4.45. The molecule has 0 spiro atoms. The predicted molar refractivity (Wildman–Crippen MR) is 81.0 cm³/mol. The van der Waals surface area contributed by atoms with Crippen molar-refractivity contribution in [1.82, 2.24) is 5.32 Å². The van der Waals surface area contributed by atoms with Crippen molar-refractivity contribution >= 4 is 23.1 Å². The van der Waals surface area contributed by atoms with E-state index in [-0.39, 0.29) is 5.91 Å². The molecule has 19 heavy (non-hydrogen) atoms. The predicted octanol–water partition coefficient (Wildman–Crippen LogP) is 2.15. The molecule has 1 aliphatic rings. The van der Waals surface area contributed by atoms with E-state index in [9.17, 15) is 4.79 Å². The number of hydrogen-bond acceptors (Lipinski definition) is 3. The van der Waals surface area contributed by atoms with Crippen molar-refractivity contribution in [2.24, 2.45) is 11.7 Å². The lowest BCUT2D eigenvalue weighted by molar-refractivity contribution is -0.123. The number of hydrogen-bond donors (Lipinski definition) is 2. The highest BCUT2D eigenvalue weighted by Crippen LogP contribution is 2.34. The lowest BCUT2D eigenvalue weighted by atomic mass is 9.75. The topological polar surface area (TPSA) is 64.3 Å². The van der Waals surface area contributed by atoms with Crippen molar-refractivity contribution in [3.63, 3.8) is 0 Å². The van der Waals surface area contributed by atoms with Crippen LogP contribution in [-0.4, -0.2) is 29.6 Å². The first kappa shape index (κ1) is 16.4. The van der Waals surface area contributed by atoms with Gasteiger partial charge >= 0.3 is 0 Å². The van der Waals surface area contributed by atoms with E-state index in [1.165, 1.54) is 6.42 Å². The van der Waals surface area contributed by atoms with Crippen molar-refractivity contribution in [3.05, 3.63) is 0 Å². The van der Waals surface area contributed by atoms with Crippen molar-refractivity contribution < 1.29 is 9.53 Å². The Kier molecular flexibility index (Phi) is 6.72. The van der Waals surface area contributed by atoms with Gasteiger partial charge < -0.3 is 15.8 Å². The number of carbonyl (C=O) groups excluding carboxylic acids is 1. The number of carbonyl (C=O) groups is 1. The number of amides is 1. The quantitative estimate of drug-likeness (QED) is 0.556. The normalized spacial score (nSPS) is 26.9. The molecule has 0 heterocycles. The molecule has 1 aliphatic carbocycles. The van der Waals surface area contributed by atoms with Gasteiger partial charge in [-0.25, -0.2) is 0 Å². The van der Waals surface area contributed by atoms with Gasteiger partial charge in [0.2, 0.25) is 5.91 Å². The molecule has 1 fully saturated rings. The highest BCUT2D eigenvalue weighted by Gasteiger charge is 2.38. The SMILES string of the molecule is CCOCCC(=O)NC1(C(N)=S)CCC(CC)CC1. The molecule has 0 aromatic rings. The number of nitrogens with two attached hydrogens (primary N) is 1. The van der Waals surface area contributed by atoms with Crippen molar-refractivity contribution in [2.45, 2.75) is 57.9 Å². The van der Waals surface area contributed by atoms with Gasteiger partial charge in [0.05, 0.1) is 17.1 Å². The highest BCUT2D eigenvalue weighted by atomic mass is 32.1.